The van der Waals surface area contributed by atoms with E-state index in [2.05, 4.69) is 287 Å². The van der Waals surface area contributed by atoms with Crippen LogP contribution in [0.1, 0.15) is 0 Å². The van der Waals surface area contributed by atoms with Gasteiger partial charge in [-0.2, -0.15) is 0 Å². The molecule has 328 valence electrons. The lowest BCUT2D eigenvalue weighted by Crippen LogP contribution is -2.75. The zero-order valence-corrected chi connectivity index (χ0v) is 39.3. The van der Waals surface area contributed by atoms with Crippen molar-refractivity contribution < 1.29 is 0 Å². The molecule has 4 heteroatoms. The summed E-state index contributed by atoms with van der Waals surface area (Å²) in [4.78, 5) is 0. The molecule has 0 spiro atoms. The minimum atomic E-state index is -2.85. The van der Waals surface area contributed by atoms with Crippen LogP contribution in [0.25, 0.3) is 93.6 Å². The topological polar surface area (TPSA) is 14.8 Å². The predicted octanol–water partition coefficient (Wildman–Crippen LogP) is 14.0. The van der Waals surface area contributed by atoms with Crippen LogP contribution in [0, 0.1) is 0 Å². The molecule has 14 rings (SSSR count). The van der Waals surface area contributed by atoms with Crippen LogP contribution in [-0.4, -0.2) is 21.8 Å². The molecule has 70 heavy (non-hydrogen) atoms. The van der Waals surface area contributed by atoms with Crippen LogP contribution in [0.4, 0.5) is 0 Å². The number of fused-ring (bicyclic) bond motifs is 9. The third-order valence-corrected chi connectivity index (χ3v) is 19.6. The molecule has 14 aromatic rings. The molecule has 0 bridgehead atoms. The molecule has 0 aliphatic rings. The van der Waals surface area contributed by atoms with Gasteiger partial charge in [-0.05, 0) is 92.5 Å². The number of hydrogen-bond acceptors (Lipinski definition) is 0. The van der Waals surface area contributed by atoms with Crippen molar-refractivity contribution >= 4 is 94.2 Å². The van der Waals surface area contributed by atoms with Crippen molar-refractivity contribution in [3.05, 3.63) is 273 Å². The maximum absolute atomic E-state index is 2.85. The summed E-state index contributed by atoms with van der Waals surface area (Å²) in [6, 6.07) is 101. The van der Waals surface area contributed by atoms with Crippen molar-refractivity contribution in [3.8, 4) is 28.2 Å². The molecule has 0 amide bonds. The molecule has 0 saturated carbocycles. The summed E-state index contributed by atoms with van der Waals surface area (Å²) in [5.41, 5.74) is 12.9. The second-order valence-corrected chi connectivity index (χ2v) is 22.2. The molecule has 3 heterocycles. The average Bonchev–Trinajstić information content (AvgIpc) is 4.07. The van der Waals surface area contributed by atoms with E-state index >= 15 is 0 Å². The zero-order chi connectivity index (χ0) is 46.2. The first kappa shape index (κ1) is 40.1. The van der Waals surface area contributed by atoms with Gasteiger partial charge in [-0.15, -0.1) is 0 Å². The Morgan fingerprint density at radius 2 is 0.629 bits per heavy atom. The van der Waals surface area contributed by atoms with Gasteiger partial charge in [-0.3, -0.25) is 0 Å². The summed E-state index contributed by atoms with van der Waals surface area (Å²) < 4.78 is 7.40. The van der Waals surface area contributed by atoms with Gasteiger partial charge in [-0.25, -0.2) is 0 Å². The van der Waals surface area contributed by atoms with Crippen molar-refractivity contribution in [2.45, 2.75) is 0 Å². The fourth-order valence-corrected chi connectivity index (χ4v) is 16.9. The fourth-order valence-electron chi connectivity index (χ4n) is 11.9. The molecule has 0 radical (unpaired) electrons. The van der Waals surface area contributed by atoms with Crippen molar-refractivity contribution in [3.63, 3.8) is 0 Å². The van der Waals surface area contributed by atoms with Gasteiger partial charge in [0.2, 0.25) is 0 Å². The third-order valence-electron chi connectivity index (χ3n) is 14.8. The molecule has 0 fully saturated rings. The standard InChI is InChI=1S/C66H45N3Si/c1-4-22-48(23-5-1)70(49-24-6-2-7-25-49,50-26-8-3-9-27-50)66-39-21-14-28-51(66)46-40-42-56-54-31-10-15-33-58(54)67(65(56)44-46)47-41-43-62-57(45-47)55-32-13-18-36-61(55)69(62)64-38-20-19-37-63(64)68-59-34-16-11-29-52(59)53-30-12-17-35-60(53)68/h1-45H. The summed E-state index contributed by atoms with van der Waals surface area (Å²) in [7, 11) is -2.85. The Kier molecular flexibility index (Phi) is 9.23. The summed E-state index contributed by atoms with van der Waals surface area (Å²) in [6.07, 6.45) is 0. The highest BCUT2D eigenvalue weighted by Gasteiger charge is 2.43. The smallest absolute Gasteiger partial charge is 0.180 e. The highest BCUT2D eigenvalue weighted by Crippen LogP contribution is 2.41. The largest absolute Gasteiger partial charge is 0.309 e. The van der Waals surface area contributed by atoms with E-state index in [0.717, 1.165) is 22.6 Å². The Labute approximate surface area is 407 Å². The van der Waals surface area contributed by atoms with Gasteiger partial charge < -0.3 is 13.7 Å². The van der Waals surface area contributed by atoms with Crippen LogP contribution in [0.2, 0.25) is 0 Å². The van der Waals surface area contributed by atoms with Crippen molar-refractivity contribution in [2.24, 2.45) is 0 Å². The molecule has 0 atom stereocenters. The second-order valence-electron chi connectivity index (χ2n) is 18.4. The average molecular weight is 908 g/mol. The van der Waals surface area contributed by atoms with Gasteiger partial charge in [-0.1, -0.05) is 212 Å². The lowest BCUT2D eigenvalue weighted by Gasteiger charge is -2.36. The lowest BCUT2D eigenvalue weighted by atomic mass is 10.0. The predicted molar refractivity (Wildman–Crippen MR) is 299 cm³/mol. The fraction of sp³-hybridized carbons (Fsp3) is 0. The van der Waals surface area contributed by atoms with Crippen molar-refractivity contribution in [1.82, 2.24) is 13.7 Å². The third kappa shape index (κ3) is 5.94. The molecule has 3 nitrogen and oxygen atoms in total. The van der Waals surface area contributed by atoms with Gasteiger partial charge in [0.1, 0.15) is 0 Å². The van der Waals surface area contributed by atoms with E-state index in [4.69, 9.17) is 0 Å². The van der Waals surface area contributed by atoms with Crippen LogP contribution in [0.3, 0.4) is 0 Å². The molecule has 0 saturated heterocycles. The number of para-hydroxylation sites is 6. The van der Waals surface area contributed by atoms with E-state index in [1.165, 1.54) is 91.8 Å². The van der Waals surface area contributed by atoms with Crippen molar-refractivity contribution in [2.75, 3.05) is 0 Å². The monoisotopic (exact) mass is 907 g/mol. The quantitative estimate of drug-likeness (QED) is 0.107. The second kappa shape index (κ2) is 16.1. The Morgan fingerprint density at radius 1 is 0.243 bits per heavy atom. The molecule has 0 aliphatic carbocycles. The highest BCUT2D eigenvalue weighted by atomic mass is 28.3. The molecule has 3 aromatic heterocycles. The zero-order valence-electron chi connectivity index (χ0n) is 38.3. The summed E-state index contributed by atoms with van der Waals surface area (Å²) in [5.74, 6) is 0. The molecular weight excluding hydrogens is 863 g/mol. The maximum Gasteiger partial charge on any atom is 0.180 e. The molecule has 0 unspecified atom stereocenters. The van der Waals surface area contributed by atoms with Crippen molar-refractivity contribution in [1.29, 1.82) is 0 Å². The normalized spacial score (nSPS) is 12.0. The molecule has 11 aromatic carbocycles. The van der Waals surface area contributed by atoms with Gasteiger partial charge in [0, 0.05) is 38.0 Å². The first-order valence-corrected chi connectivity index (χ1v) is 26.2. The van der Waals surface area contributed by atoms with Crippen LogP contribution >= 0.6 is 0 Å². The Bertz CT molecular complexity index is 4150. The van der Waals surface area contributed by atoms with Gasteiger partial charge in [0.25, 0.3) is 0 Å². The van der Waals surface area contributed by atoms with Gasteiger partial charge in [0.15, 0.2) is 8.07 Å². The maximum atomic E-state index is 2.49. The summed E-state index contributed by atoms with van der Waals surface area (Å²) >= 11 is 0. The van der Waals surface area contributed by atoms with Crippen LogP contribution < -0.4 is 20.7 Å². The van der Waals surface area contributed by atoms with Crippen LogP contribution in [-0.2, 0) is 0 Å². The van der Waals surface area contributed by atoms with E-state index in [-0.39, 0.29) is 0 Å². The van der Waals surface area contributed by atoms with E-state index in [1.807, 2.05) is 0 Å². The molecular formula is C66H45N3Si. The Balaban J connectivity index is 0.993. The van der Waals surface area contributed by atoms with E-state index in [9.17, 15) is 0 Å². The minimum Gasteiger partial charge on any atom is -0.309 e. The number of nitrogens with zero attached hydrogens (tertiary/aromatic N) is 3. The van der Waals surface area contributed by atoms with Crippen LogP contribution in [0.15, 0.2) is 273 Å². The van der Waals surface area contributed by atoms with E-state index in [0.29, 0.717) is 0 Å². The highest BCUT2D eigenvalue weighted by molar-refractivity contribution is 7.20. The summed E-state index contributed by atoms with van der Waals surface area (Å²) in [5, 5.41) is 12.9. The molecule has 0 aliphatic heterocycles. The van der Waals surface area contributed by atoms with Gasteiger partial charge in [0.05, 0.1) is 44.5 Å². The van der Waals surface area contributed by atoms with E-state index < -0.39 is 8.07 Å². The first-order chi connectivity index (χ1) is 34.8. The lowest BCUT2D eigenvalue weighted by molar-refractivity contribution is 1.09. The number of hydrogen-bond donors (Lipinski definition) is 0. The SMILES string of the molecule is c1ccc([Si](c2ccccc2)(c2ccccc2)c2ccccc2-c2ccc3c4ccccc4n(-c4ccc5c(c4)c4ccccc4n5-c4ccccc4-n4c5ccccc5c5ccccc54)c3c2)cc1. The van der Waals surface area contributed by atoms with Gasteiger partial charge >= 0.3 is 0 Å². The molecule has 0 N–H and O–H groups in total. The van der Waals surface area contributed by atoms with Crippen LogP contribution in [0.5, 0.6) is 0 Å². The first-order valence-electron chi connectivity index (χ1n) is 24.2. The minimum absolute atomic E-state index is 1.13. The number of benzene rings is 11. The van der Waals surface area contributed by atoms with E-state index in [1.54, 1.807) is 0 Å². The Morgan fingerprint density at radius 3 is 1.14 bits per heavy atom. The number of rotatable bonds is 8. The number of aromatic nitrogens is 3. The summed E-state index contributed by atoms with van der Waals surface area (Å²) in [6.45, 7) is 0. The Hall–Kier alpha value is -8.96.